The first-order valence-corrected chi connectivity index (χ1v) is 9.24. The zero-order chi connectivity index (χ0) is 18.4. The second-order valence-electron chi connectivity index (χ2n) is 7.10. The Hall–Kier alpha value is -2.28. The lowest BCUT2D eigenvalue weighted by Crippen LogP contribution is -2.43. The maximum Gasteiger partial charge on any atom is 0.252 e. The van der Waals surface area contributed by atoms with Crippen LogP contribution in [-0.2, 0) is 16.1 Å². The fourth-order valence-electron chi connectivity index (χ4n) is 2.99. The Labute approximate surface area is 153 Å². The fourth-order valence-corrected chi connectivity index (χ4v) is 2.99. The maximum atomic E-state index is 12.3. The van der Waals surface area contributed by atoms with E-state index >= 15 is 0 Å². The number of pyridine rings is 1. The van der Waals surface area contributed by atoms with Crippen LogP contribution in [0.25, 0.3) is 11.4 Å². The normalized spacial score (nSPS) is 17.7. The third-order valence-electron chi connectivity index (χ3n) is 4.52. The van der Waals surface area contributed by atoms with E-state index in [1.807, 2.05) is 17.0 Å². The molecular weight excluding hydrogens is 332 g/mol. The molecule has 0 radical (unpaired) electrons. The molecule has 0 N–H and O–H groups in total. The first kappa shape index (κ1) is 18.5. The number of hydrogen-bond acceptors (Lipinski definition) is 6. The summed E-state index contributed by atoms with van der Waals surface area (Å²) in [6.07, 6.45) is 6.85. The molecule has 2 aromatic heterocycles. The molecule has 140 valence electrons. The highest BCUT2D eigenvalue weighted by atomic mass is 16.5. The minimum Gasteiger partial charge on any atom is -0.367 e. The van der Waals surface area contributed by atoms with Gasteiger partial charge in [0.25, 0.3) is 5.89 Å². The Kier molecular flexibility index (Phi) is 6.33. The molecule has 3 rings (SSSR count). The predicted molar refractivity (Wildman–Crippen MR) is 96.0 cm³/mol. The molecule has 1 unspecified atom stereocenters. The van der Waals surface area contributed by atoms with Crippen molar-refractivity contribution >= 4 is 5.91 Å². The first-order valence-electron chi connectivity index (χ1n) is 9.24. The molecule has 1 saturated heterocycles. The van der Waals surface area contributed by atoms with Gasteiger partial charge in [0.05, 0.1) is 6.10 Å². The third-order valence-corrected chi connectivity index (χ3v) is 4.52. The second-order valence-corrected chi connectivity index (χ2v) is 7.10. The quantitative estimate of drug-likeness (QED) is 0.756. The van der Waals surface area contributed by atoms with Crippen LogP contribution in [0.5, 0.6) is 0 Å². The summed E-state index contributed by atoms with van der Waals surface area (Å²) in [6.45, 7) is 6.00. The van der Waals surface area contributed by atoms with Gasteiger partial charge in [-0.1, -0.05) is 19.0 Å². The number of piperidine rings is 1. The van der Waals surface area contributed by atoms with Crippen molar-refractivity contribution in [2.24, 2.45) is 5.92 Å². The van der Waals surface area contributed by atoms with Gasteiger partial charge in [-0.2, -0.15) is 4.98 Å². The molecule has 0 aromatic carbocycles. The molecule has 0 spiro atoms. The van der Waals surface area contributed by atoms with Crippen LogP contribution < -0.4 is 0 Å². The van der Waals surface area contributed by atoms with Crippen LogP contribution in [0, 0.1) is 5.92 Å². The predicted octanol–water partition coefficient (Wildman–Crippen LogP) is 3.08. The molecule has 0 saturated carbocycles. The van der Waals surface area contributed by atoms with Crippen LogP contribution in [0.2, 0.25) is 0 Å². The van der Waals surface area contributed by atoms with E-state index in [9.17, 15) is 4.79 Å². The number of amides is 1. The molecule has 26 heavy (non-hydrogen) atoms. The van der Waals surface area contributed by atoms with Crippen LogP contribution >= 0.6 is 0 Å². The number of carbonyl (C=O) groups excluding carboxylic acids is 1. The molecule has 1 aliphatic rings. The minimum atomic E-state index is 0.0167. The maximum absolute atomic E-state index is 12.3. The molecule has 0 bridgehead atoms. The van der Waals surface area contributed by atoms with Crippen molar-refractivity contribution < 1.29 is 14.1 Å². The molecule has 0 aliphatic carbocycles. The number of aromatic nitrogens is 3. The number of hydrogen-bond donors (Lipinski definition) is 0. The molecule has 1 atom stereocenters. The van der Waals surface area contributed by atoms with Crippen LogP contribution in [0.15, 0.2) is 29.0 Å². The van der Waals surface area contributed by atoms with Gasteiger partial charge in [0.15, 0.2) is 0 Å². The lowest BCUT2D eigenvalue weighted by atomic mass is 10.0. The van der Waals surface area contributed by atoms with Crippen molar-refractivity contribution in [3.05, 3.63) is 30.4 Å². The van der Waals surface area contributed by atoms with E-state index < -0.39 is 0 Å². The number of rotatable bonds is 7. The van der Waals surface area contributed by atoms with Crippen molar-refractivity contribution in [3.8, 4) is 11.4 Å². The van der Waals surface area contributed by atoms with Gasteiger partial charge in [-0.15, -0.1) is 0 Å². The van der Waals surface area contributed by atoms with E-state index in [1.54, 1.807) is 12.4 Å². The summed E-state index contributed by atoms with van der Waals surface area (Å²) in [7, 11) is 0. The van der Waals surface area contributed by atoms with Gasteiger partial charge in [0.2, 0.25) is 11.7 Å². The van der Waals surface area contributed by atoms with Crippen molar-refractivity contribution in [1.29, 1.82) is 0 Å². The summed E-state index contributed by atoms with van der Waals surface area (Å²) in [6, 6.07) is 3.66. The monoisotopic (exact) mass is 358 g/mol. The summed E-state index contributed by atoms with van der Waals surface area (Å²) in [5.74, 6) is 1.74. The third kappa shape index (κ3) is 5.11. The highest BCUT2D eigenvalue weighted by Gasteiger charge is 2.24. The number of ether oxygens (including phenoxy) is 1. The SMILES string of the molecule is CC(C)CCC(=O)N1CCCC(OCc2nc(-c3ccncc3)no2)C1. The number of nitrogens with zero attached hydrogens (tertiary/aromatic N) is 4. The van der Waals surface area contributed by atoms with Crippen LogP contribution in [0.1, 0.15) is 45.4 Å². The Morgan fingerprint density at radius 1 is 1.38 bits per heavy atom. The molecule has 2 aromatic rings. The van der Waals surface area contributed by atoms with E-state index in [4.69, 9.17) is 9.26 Å². The van der Waals surface area contributed by atoms with Gasteiger partial charge in [0.1, 0.15) is 6.61 Å². The summed E-state index contributed by atoms with van der Waals surface area (Å²) in [5.41, 5.74) is 0.856. The van der Waals surface area contributed by atoms with Crippen LogP contribution in [0.4, 0.5) is 0 Å². The molecule has 1 fully saturated rings. The molecule has 1 amide bonds. The zero-order valence-corrected chi connectivity index (χ0v) is 15.4. The summed E-state index contributed by atoms with van der Waals surface area (Å²) in [5, 5.41) is 3.98. The molecule has 1 aliphatic heterocycles. The summed E-state index contributed by atoms with van der Waals surface area (Å²) >= 11 is 0. The van der Waals surface area contributed by atoms with E-state index in [1.165, 1.54) is 0 Å². The van der Waals surface area contributed by atoms with E-state index in [-0.39, 0.29) is 18.6 Å². The van der Waals surface area contributed by atoms with Crippen molar-refractivity contribution in [3.63, 3.8) is 0 Å². The van der Waals surface area contributed by atoms with Gasteiger partial charge in [0, 0.05) is 37.5 Å². The smallest absolute Gasteiger partial charge is 0.252 e. The standard InChI is InChI=1S/C19H26N4O3/c1-14(2)5-6-18(24)23-11-3-4-16(12-23)25-13-17-21-19(22-26-17)15-7-9-20-10-8-15/h7-10,14,16H,3-6,11-13H2,1-2H3. The molecular formula is C19H26N4O3. The average Bonchev–Trinajstić information content (AvgIpc) is 3.14. The van der Waals surface area contributed by atoms with Gasteiger partial charge >= 0.3 is 0 Å². The van der Waals surface area contributed by atoms with E-state index in [0.717, 1.165) is 31.4 Å². The first-order chi connectivity index (χ1) is 12.6. The van der Waals surface area contributed by atoms with Crippen molar-refractivity contribution in [1.82, 2.24) is 20.0 Å². The average molecular weight is 358 g/mol. The van der Waals surface area contributed by atoms with Crippen LogP contribution in [0.3, 0.4) is 0 Å². The van der Waals surface area contributed by atoms with Gasteiger partial charge in [-0.05, 0) is 37.3 Å². The second kappa shape index (κ2) is 8.89. The zero-order valence-electron chi connectivity index (χ0n) is 15.4. The van der Waals surface area contributed by atoms with Gasteiger partial charge < -0.3 is 14.2 Å². The number of likely N-dealkylation sites (tertiary alicyclic amines) is 1. The topological polar surface area (TPSA) is 81.4 Å². The van der Waals surface area contributed by atoms with Crippen molar-refractivity contribution in [2.45, 2.75) is 52.2 Å². The van der Waals surface area contributed by atoms with E-state index in [2.05, 4.69) is 29.0 Å². The fraction of sp³-hybridized carbons (Fsp3) is 0.579. The van der Waals surface area contributed by atoms with Gasteiger partial charge in [-0.25, -0.2) is 0 Å². The summed E-state index contributed by atoms with van der Waals surface area (Å²) < 4.78 is 11.2. The summed E-state index contributed by atoms with van der Waals surface area (Å²) in [4.78, 5) is 22.6. The Bertz CT molecular complexity index is 702. The lowest BCUT2D eigenvalue weighted by Gasteiger charge is -2.32. The molecule has 7 nitrogen and oxygen atoms in total. The Morgan fingerprint density at radius 2 is 2.19 bits per heavy atom. The van der Waals surface area contributed by atoms with Gasteiger partial charge in [-0.3, -0.25) is 9.78 Å². The Balaban J connectivity index is 1.49. The lowest BCUT2D eigenvalue weighted by molar-refractivity contribution is -0.136. The van der Waals surface area contributed by atoms with Crippen LogP contribution in [-0.4, -0.2) is 45.1 Å². The number of carbonyl (C=O) groups is 1. The van der Waals surface area contributed by atoms with E-state index in [0.29, 0.717) is 30.6 Å². The molecule has 7 heteroatoms. The minimum absolute atomic E-state index is 0.0167. The van der Waals surface area contributed by atoms with Crippen molar-refractivity contribution in [2.75, 3.05) is 13.1 Å². The highest BCUT2D eigenvalue weighted by molar-refractivity contribution is 5.76. The largest absolute Gasteiger partial charge is 0.367 e. The highest BCUT2D eigenvalue weighted by Crippen LogP contribution is 2.18. The molecule has 3 heterocycles. The Morgan fingerprint density at radius 3 is 2.96 bits per heavy atom.